The molecule has 2 aromatic carbocycles. The first-order chi connectivity index (χ1) is 15.4. The minimum atomic E-state index is -2.16. The third kappa shape index (κ3) is 5.09. The largest absolute Gasteiger partial charge is 0.515 e. The Labute approximate surface area is 188 Å². The maximum Gasteiger partial charge on any atom is 0.515 e. The maximum atomic E-state index is 13.7. The SMILES string of the molecule is C=COC(=O)CCC(c1c(C(C)C)nc2ccccc2c1-c1ccc(F)cc1)[P+](=O)OC. The molecule has 2 atom stereocenters. The summed E-state index contributed by atoms with van der Waals surface area (Å²) in [6, 6.07) is 13.9. The van der Waals surface area contributed by atoms with E-state index in [0.29, 0.717) is 0 Å². The molecule has 0 saturated heterocycles. The van der Waals surface area contributed by atoms with E-state index < -0.39 is 19.7 Å². The molecule has 166 valence electrons. The zero-order chi connectivity index (χ0) is 23.3. The van der Waals surface area contributed by atoms with Gasteiger partial charge >= 0.3 is 14.0 Å². The van der Waals surface area contributed by atoms with Gasteiger partial charge in [-0.15, -0.1) is 4.52 Å². The summed E-state index contributed by atoms with van der Waals surface area (Å²) < 4.78 is 36.9. The van der Waals surface area contributed by atoms with Crippen molar-refractivity contribution in [2.45, 2.75) is 38.3 Å². The Morgan fingerprint density at radius 2 is 1.88 bits per heavy atom. The van der Waals surface area contributed by atoms with Crippen molar-refractivity contribution in [1.82, 2.24) is 4.98 Å². The number of esters is 1. The molecule has 3 rings (SSSR count). The number of pyridine rings is 1. The maximum absolute atomic E-state index is 13.7. The molecule has 32 heavy (non-hydrogen) atoms. The van der Waals surface area contributed by atoms with Gasteiger partial charge in [0.1, 0.15) is 5.82 Å². The average molecular weight is 454 g/mol. The van der Waals surface area contributed by atoms with Gasteiger partial charge in [-0.1, -0.05) is 50.8 Å². The summed E-state index contributed by atoms with van der Waals surface area (Å²) in [6.07, 6.45) is 1.35. The molecule has 0 amide bonds. The number of carbonyl (C=O) groups excluding carboxylic acids is 1. The van der Waals surface area contributed by atoms with Crippen LogP contribution in [0.25, 0.3) is 22.0 Å². The highest BCUT2D eigenvalue weighted by Crippen LogP contribution is 2.51. The number of benzene rings is 2. The summed E-state index contributed by atoms with van der Waals surface area (Å²) in [5, 5.41) is 0.858. The van der Waals surface area contributed by atoms with Gasteiger partial charge in [0.05, 0.1) is 31.0 Å². The molecule has 0 fully saturated rings. The topological polar surface area (TPSA) is 65.5 Å². The van der Waals surface area contributed by atoms with E-state index in [2.05, 4.69) is 6.58 Å². The lowest BCUT2D eigenvalue weighted by atomic mass is 9.88. The van der Waals surface area contributed by atoms with Gasteiger partial charge in [-0.2, -0.15) is 0 Å². The van der Waals surface area contributed by atoms with E-state index >= 15 is 0 Å². The van der Waals surface area contributed by atoms with Crippen molar-refractivity contribution >= 4 is 24.9 Å². The predicted molar refractivity (Wildman–Crippen MR) is 124 cm³/mol. The third-order valence-electron chi connectivity index (χ3n) is 5.24. The molecule has 0 bridgehead atoms. The molecule has 0 N–H and O–H groups in total. The van der Waals surface area contributed by atoms with Crippen LogP contribution in [-0.2, 0) is 18.6 Å². The van der Waals surface area contributed by atoms with Crippen LogP contribution in [0.2, 0.25) is 0 Å². The highest BCUT2D eigenvalue weighted by atomic mass is 31.1. The number of halogens is 1. The highest BCUT2D eigenvalue weighted by molar-refractivity contribution is 7.39. The molecular formula is C25H26FNO4P+. The summed E-state index contributed by atoms with van der Waals surface area (Å²) in [4.78, 5) is 16.9. The number of ether oxygens (including phenoxy) is 1. The van der Waals surface area contributed by atoms with Gasteiger partial charge in [-0.05, 0) is 34.2 Å². The minimum Gasteiger partial charge on any atom is -0.435 e. The fourth-order valence-electron chi connectivity index (χ4n) is 3.84. The van der Waals surface area contributed by atoms with Crippen LogP contribution >= 0.6 is 8.03 Å². The Morgan fingerprint density at radius 3 is 2.50 bits per heavy atom. The van der Waals surface area contributed by atoms with Crippen LogP contribution in [0.15, 0.2) is 61.4 Å². The van der Waals surface area contributed by atoms with Gasteiger partial charge in [0.2, 0.25) is 5.66 Å². The second-order valence-electron chi connectivity index (χ2n) is 7.64. The lowest BCUT2D eigenvalue weighted by molar-refractivity contribution is -0.138. The van der Waals surface area contributed by atoms with Crippen molar-refractivity contribution in [3.63, 3.8) is 0 Å². The summed E-state index contributed by atoms with van der Waals surface area (Å²) in [6.45, 7) is 7.43. The van der Waals surface area contributed by atoms with Crippen molar-refractivity contribution < 1.29 is 23.0 Å². The first kappa shape index (κ1) is 23.7. The van der Waals surface area contributed by atoms with Gasteiger partial charge < -0.3 is 4.74 Å². The Morgan fingerprint density at radius 1 is 1.19 bits per heavy atom. The van der Waals surface area contributed by atoms with Crippen LogP contribution < -0.4 is 0 Å². The Bertz CT molecular complexity index is 1140. The summed E-state index contributed by atoms with van der Waals surface area (Å²) in [7, 11) is -0.781. The van der Waals surface area contributed by atoms with Crippen LogP contribution in [0.5, 0.6) is 0 Å². The van der Waals surface area contributed by atoms with Crippen LogP contribution in [0, 0.1) is 5.82 Å². The first-order valence-corrected chi connectivity index (χ1v) is 11.6. The standard InChI is InChI=1S/C25H26FNO4P/c1-5-31-22(28)15-14-21(32(29)30-4)24-23(17-10-12-18(26)13-11-17)19-8-6-7-9-20(19)27-25(24)16(2)3/h5-13,16,21H,1,14-15H2,2-4H3/q+1. The van der Waals surface area contributed by atoms with Gasteiger partial charge in [-0.25, -0.2) is 4.39 Å². The number of hydrogen-bond donors (Lipinski definition) is 0. The zero-order valence-electron chi connectivity index (χ0n) is 18.4. The minimum absolute atomic E-state index is 0.0108. The molecule has 3 aromatic rings. The van der Waals surface area contributed by atoms with E-state index in [9.17, 15) is 13.8 Å². The van der Waals surface area contributed by atoms with E-state index in [1.807, 2.05) is 38.1 Å². The molecule has 1 aromatic heterocycles. The number of nitrogens with zero attached hydrogens (tertiary/aromatic N) is 1. The van der Waals surface area contributed by atoms with E-state index in [1.54, 1.807) is 12.1 Å². The molecule has 0 radical (unpaired) electrons. The number of hydrogen-bond acceptors (Lipinski definition) is 5. The molecule has 0 spiro atoms. The molecule has 5 nitrogen and oxygen atoms in total. The molecule has 0 aliphatic carbocycles. The number of fused-ring (bicyclic) bond motifs is 1. The molecule has 1 heterocycles. The number of carbonyl (C=O) groups is 1. The lowest BCUT2D eigenvalue weighted by Gasteiger charge is -2.21. The number of aromatic nitrogens is 1. The molecule has 7 heteroatoms. The Hall–Kier alpha value is -2.95. The normalized spacial score (nSPS) is 12.6. The summed E-state index contributed by atoms with van der Waals surface area (Å²) in [5.41, 5.74) is 3.30. The van der Waals surface area contributed by atoms with E-state index in [-0.39, 0.29) is 24.6 Å². The van der Waals surface area contributed by atoms with Crippen LogP contribution in [-0.4, -0.2) is 18.1 Å². The average Bonchev–Trinajstić information content (AvgIpc) is 2.79. The molecule has 0 saturated carbocycles. The first-order valence-electron chi connectivity index (χ1n) is 10.4. The quantitative estimate of drug-likeness (QED) is 0.197. The van der Waals surface area contributed by atoms with Gasteiger partial charge in [-0.3, -0.25) is 9.78 Å². The predicted octanol–water partition coefficient (Wildman–Crippen LogP) is 7.06. The van der Waals surface area contributed by atoms with Crippen LogP contribution in [0.4, 0.5) is 4.39 Å². The molecule has 0 aliphatic rings. The van der Waals surface area contributed by atoms with Crippen LogP contribution in [0.3, 0.4) is 0 Å². The lowest BCUT2D eigenvalue weighted by Crippen LogP contribution is -2.10. The second-order valence-corrected chi connectivity index (χ2v) is 9.20. The fraction of sp³-hybridized carbons (Fsp3) is 0.280. The smallest absolute Gasteiger partial charge is 0.435 e. The van der Waals surface area contributed by atoms with Crippen molar-refractivity contribution in [1.29, 1.82) is 0 Å². The van der Waals surface area contributed by atoms with Gasteiger partial charge in [0.15, 0.2) is 0 Å². The zero-order valence-corrected chi connectivity index (χ0v) is 19.3. The van der Waals surface area contributed by atoms with Gasteiger partial charge in [0.25, 0.3) is 0 Å². The van der Waals surface area contributed by atoms with Crippen LogP contribution in [0.1, 0.15) is 49.5 Å². The second kappa shape index (κ2) is 10.6. The summed E-state index contributed by atoms with van der Waals surface area (Å²) in [5.74, 6) is -0.797. The monoisotopic (exact) mass is 454 g/mol. The van der Waals surface area contributed by atoms with Gasteiger partial charge in [0, 0.05) is 22.9 Å². The van der Waals surface area contributed by atoms with E-state index in [1.165, 1.54) is 19.2 Å². The van der Waals surface area contributed by atoms with Crippen molar-refractivity contribution in [2.75, 3.05) is 7.11 Å². The highest BCUT2D eigenvalue weighted by Gasteiger charge is 2.39. The third-order valence-corrected chi connectivity index (χ3v) is 6.63. The van der Waals surface area contributed by atoms with Crippen molar-refractivity contribution in [3.05, 3.63) is 78.4 Å². The fourth-order valence-corrected chi connectivity index (χ4v) is 4.91. The Kier molecular flexibility index (Phi) is 7.84. The summed E-state index contributed by atoms with van der Waals surface area (Å²) >= 11 is 0. The van der Waals surface area contributed by atoms with Crippen molar-refractivity contribution in [3.8, 4) is 11.1 Å². The van der Waals surface area contributed by atoms with Crippen molar-refractivity contribution in [2.24, 2.45) is 0 Å². The Balaban J connectivity index is 2.32. The molecule has 2 unspecified atom stereocenters. The molecular weight excluding hydrogens is 428 g/mol. The molecule has 0 aliphatic heterocycles. The number of para-hydroxylation sites is 1. The van der Waals surface area contributed by atoms with E-state index in [0.717, 1.165) is 39.5 Å². The number of rotatable bonds is 9. The van der Waals surface area contributed by atoms with E-state index in [4.69, 9.17) is 14.2 Å².